The van der Waals surface area contributed by atoms with E-state index in [9.17, 15) is 22.8 Å². The van der Waals surface area contributed by atoms with Crippen molar-refractivity contribution in [3.05, 3.63) is 50.1 Å². The summed E-state index contributed by atoms with van der Waals surface area (Å²) in [5.74, 6) is 0.183. The maximum Gasteiger partial charge on any atom is 0.416 e. The van der Waals surface area contributed by atoms with E-state index in [2.05, 4.69) is 15.9 Å². The summed E-state index contributed by atoms with van der Waals surface area (Å²) >= 11 is 4.83. The molecule has 1 aromatic carbocycles. The number of ether oxygens (including phenoxy) is 2. The van der Waals surface area contributed by atoms with Crippen LogP contribution >= 0.6 is 27.3 Å². The largest absolute Gasteiger partial charge is 0.453 e. The number of fused-ring (bicyclic) bond motifs is 1. The molecular weight excluding hydrogens is 549 g/mol. The highest BCUT2D eigenvalue weighted by Gasteiger charge is 2.47. The Bertz CT molecular complexity index is 1100. The van der Waals surface area contributed by atoms with Crippen LogP contribution < -0.4 is 4.90 Å². The molecule has 0 saturated heterocycles. The predicted octanol–water partition coefficient (Wildman–Crippen LogP) is 7.37. The molecule has 0 unspecified atom stereocenters. The first kappa shape index (κ1) is 25.8. The van der Waals surface area contributed by atoms with Crippen LogP contribution in [0.25, 0.3) is 0 Å². The first-order valence-corrected chi connectivity index (χ1v) is 12.9. The number of alkyl halides is 3. The van der Waals surface area contributed by atoms with Gasteiger partial charge in [0, 0.05) is 20.8 Å². The van der Waals surface area contributed by atoms with Crippen molar-refractivity contribution in [2.75, 3.05) is 12.0 Å². The second-order valence-electron chi connectivity index (χ2n) is 9.06. The summed E-state index contributed by atoms with van der Waals surface area (Å²) in [6.45, 7) is 3.61. The highest BCUT2D eigenvalue weighted by molar-refractivity contribution is 9.10. The lowest BCUT2D eigenvalue weighted by atomic mass is 9.87. The number of amides is 2. The van der Waals surface area contributed by atoms with Crippen molar-refractivity contribution in [3.8, 4) is 0 Å². The molecule has 0 spiro atoms. The minimum Gasteiger partial charge on any atom is -0.453 e. The van der Waals surface area contributed by atoms with E-state index in [1.807, 2.05) is 11.4 Å². The molecule has 6 nitrogen and oxygen atoms in total. The molecule has 35 heavy (non-hydrogen) atoms. The summed E-state index contributed by atoms with van der Waals surface area (Å²) in [5.41, 5.74) is -0.261. The average molecular weight is 575 g/mol. The van der Waals surface area contributed by atoms with E-state index < -0.39 is 30.0 Å². The van der Waals surface area contributed by atoms with Crippen molar-refractivity contribution in [3.63, 3.8) is 0 Å². The molecule has 1 aromatic heterocycles. The third-order valence-electron chi connectivity index (χ3n) is 6.20. The lowest BCUT2D eigenvalue weighted by Crippen LogP contribution is -2.50. The molecule has 190 valence electrons. The second-order valence-corrected chi connectivity index (χ2v) is 11.0. The molecular formula is C24H26BrF3N2O4S. The fraction of sp³-hybridized carbons (Fsp3) is 0.500. The molecule has 2 heterocycles. The van der Waals surface area contributed by atoms with E-state index in [4.69, 9.17) is 9.47 Å². The SMILES string of the molecule is COC(=O)N(Cc1cc(Br)cs1)[C@H]1C[C@@H](C2CC2)N(C(=O)OC(C)C)c2ccc(C(F)(F)F)cc21. The van der Waals surface area contributed by atoms with Gasteiger partial charge in [0.2, 0.25) is 0 Å². The Hall–Kier alpha value is -2.27. The molecule has 11 heteroatoms. The summed E-state index contributed by atoms with van der Waals surface area (Å²) < 4.78 is 52.4. The Kier molecular flexibility index (Phi) is 7.38. The zero-order valence-electron chi connectivity index (χ0n) is 19.5. The summed E-state index contributed by atoms with van der Waals surface area (Å²) in [4.78, 5) is 29.9. The van der Waals surface area contributed by atoms with Gasteiger partial charge in [0.05, 0.1) is 37.1 Å². The Morgan fingerprint density at radius 2 is 1.97 bits per heavy atom. The number of hydrogen-bond acceptors (Lipinski definition) is 5. The number of carbonyl (C=O) groups is 2. The van der Waals surface area contributed by atoms with Crippen LogP contribution in [0.5, 0.6) is 0 Å². The first-order valence-electron chi connectivity index (χ1n) is 11.3. The highest BCUT2D eigenvalue weighted by Crippen LogP contribution is 2.50. The third-order valence-corrected chi connectivity index (χ3v) is 7.88. The van der Waals surface area contributed by atoms with Crippen LogP contribution in [0.3, 0.4) is 0 Å². The van der Waals surface area contributed by atoms with E-state index in [0.29, 0.717) is 5.69 Å². The van der Waals surface area contributed by atoms with Gasteiger partial charge in [-0.05, 0) is 84.8 Å². The molecule has 2 aliphatic rings. The van der Waals surface area contributed by atoms with Gasteiger partial charge in [-0.25, -0.2) is 9.59 Å². The highest BCUT2D eigenvalue weighted by atomic mass is 79.9. The van der Waals surface area contributed by atoms with Gasteiger partial charge in [-0.2, -0.15) is 13.2 Å². The van der Waals surface area contributed by atoms with E-state index in [-0.39, 0.29) is 36.6 Å². The van der Waals surface area contributed by atoms with Gasteiger partial charge in [-0.3, -0.25) is 9.80 Å². The van der Waals surface area contributed by atoms with Gasteiger partial charge in [-0.15, -0.1) is 11.3 Å². The maximum atomic E-state index is 13.7. The van der Waals surface area contributed by atoms with Crippen LogP contribution in [0.2, 0.25) is 0 Å². The Balaban J connectivity index is 1.84. The number of methoxy groups -OCH3 is 1. The van der Waals surface area contributed by atoms with Crippen LogP contribution in [0.4, 0.5) is 28.4 Å². The van der Waals surface area contributed by atoms with Crippen molar-refractivity contribution < 1.29 is 32.2 Å². The van der Waals surface area contributed by atoms with Gasteiger partial charge < -0.3 is 9.47 Å². The van der Waals surface area contributed by atoms with Crippen molar-refractivity contribution in [2.45, 2.75) is 64.0 Å². The number of thiophene rings is 1. The van der Waals surface area contributed by atoms with Crippen LogP contribution in [-0.2, 0) is 22.2 Å². The number of halogens is 4. The quantitative estimate of drug-likeness (QED) is 0.374. The number of nitrogens with zero attached hydrogens (tertiary/aromatic N) is 2. The average Bonchev–Trinajstić information content (AvgIpc) is 3.55. The minimum atomic E-state index is -4.58. The Morgan fingerprint density at radius 3 is 2.51 bits per heavy atom. The molecule has 1 saturated carbocycles. The van der Waals surface area contributed by atoms with Gasteiger partial charge in [0.25, 0.3) is 0 Å². The van der Waals surface area contributed by atoms with Crippen LogP contribution in [0.15, 0.2) is 34.1 Å². The van der Waals surface area contributed by atoms with Crippen LogP contribution in [-0.4, -0.2) is 36.3 Å². The lowest BCUT2D eigenvalue weighted by molar-refractivity contribution is -0.137. The molecule has 0 bridgehead atoms. The van der Waals surface area contributed by atoms with E-state index in [0.717, 1.165) is 34.3 Å². The summed E-state index contributed by atoms with van der Waals surface area (Å²) in [5, 5.41) is 1.87. The van der Waals surface area contributed by atoms with Crippen molar-refractivity contribution >= 4 is 45.1 Å². The van der Waals surface area contributed by atoms with E-state index in [1.165, 1.54) is 34.3 Å². The van der Waals surface area contributed by atoms with Gasteiger partial charge in [0.15, 0.2) is 0 Å². The zero-order valence-corrected chi connectivity index (χ0v) is 21.9. The lowest BCUT2D eigenvalue weighted by Gasteiger charge is -2.44. The number of hydrogen-bond donors (Lipinski definition) is 0. The fourth-order valence-electron chi connectivity index (χ4n) is 4.55. The first-order chi connectivity index (χ1) is 16.5. The fourth-order valence-corrected chi connectivity index (χ4v) is 6.00. The molecule has 0 N–H and O–H groups in total. The van der Waals surface area contributed by atoms with Crippen LogP contribution in [0.1, 0.15) is 55.2 Å². The van der Waals surface area contributed by atoms with Gasteiger partial charge in [0.1, 0.15) is 0 Å². The Morgan fingerprint density at radius 1 is 1.26 bits per heavy atom. The number of benzene rings is 1. The second kappa shape index (κ2) is 10.0. The predicted molar refractivity (Wildman–Crippen MR) is 129 cm³/mol. The zero-order chi connectivity index (χ0) is 25.5. The van der Waals surface area contributed by atoms with Crippen molar-refractivity contribution in [1.29, 1.82) is 0 Å². The van der Waals surface area contributed by atoms with Gasteiger partial charge in [-0.1, -0.05) is 0 Å². The molecule has 2 aromatic rings. The summed E-state index contributed by atoms with van der Waals surface area (Å²) in [6, 6.07) is 4.17. The summed E-state index contributed by atoms with van der Waals surface area (Å²) in [6.07, 6.45) is -4.12. The number of carbonyl (C=O) groups excluding carboxylic acids is 2. The number of anilines is 1. The minimum absolute atomic E-state index is 0.164. The Labute approximate surface area is 214 Å². The third kappa shape index (κ3) is 5.61. The molecule has 1 aliphatic heterocycles. The van der Waals surface area contributed by atoms with E-state index in [1.54, 1.807) is 13.8 Å². The molecule has 2 amide bonds. The monoisotopic (exact) mass is 574 g/mol. The normalized spacial score (nSPS) is 19.9. The van der Waals surface area contributed by atoms with E-state index >= 15 is 0 Å². The smallest absolute Gasteiger partial charge is 0.416 e. The molecule has 1 fully saturated rings. The van der Waals surface area contributed by atoms with Crippen molar-refractivity contribution in [1.82, 2.24) is 4.90 Å². The van der Waals surface area contributed by atoms with Crippen LogP contribution in [0, 0.1) is 5.92 Å². The molecule has 4 rings (SSSR count). The van der Waals surface area contributed by atoms with Crippen molar-refractivity contribution in [2.24, 2.45) is 5.92 Å². The standard InChI is InChI=1S/C24H26BrF3N2O4S/c1-13(2)34-23(32)30-19-7-6-15(24(26,27)28)8-18(19)21(10-20(30)14-4-5-14)29(22(31)33-3)11-17-9-16(25)12-35-17/h6-9,12-14,20-21H,4-5,10-11H2,1-3H3/t20-,21-/m0/s1. The van der Waals surface area contributed by atoms with Gasteiger partial charge >= 0.3 is 18.4 Å². The topological polar surface area (TPSA) is 59.1 Å². The summed E-state index contributed by atoms with van der Waals surface area (Å²) in [7, 11) is 1.25. The molecule has 2 atom stereocenters. The maximum absolute atomic E-state index is 13.7. The molecule has 1 aliphatic carbocycles. The molecule has 0 radical (unpaired) electrons. The number of rotatable bonds is 5.